The maximum absolute atomic E-state index is 11.3. The first kappa shape index (κ1) is 13.4. The summed E-state index contributed by atoms with van der Waals surface area (Å²) < 4.78 is 27.4. The number of hydrogen-bond donors (Lipinski definition) is 0. The molecule has 84 valence electrons. The molecule has 5 heteroatoms. The molecule has 0 saturated heterocycles. The molecule has 0 aliphatic rings. The van der Waals surface area contributed by atoms with Crippen LogP contribution in [0.15, 0.2) is 0 Å². The van der Waals surface area contributed by atoms with Crippen molar-refractivity contribution in [3.05, 3.63) is 0 Å². The maximum Gasteiger partial charge on any atom is 0.309 e. The van der Waals surface area contributed by atoms with E-state index in [1.165, 1.54) is 0 Å². The number of hydrogen-bond acceptors (Lipinski definition) is 4. The first-order valence-electron chi connectivity index (χ1n) is 4.80. The van der Waals surface area contributed by atoms with Crippen LogP contribution >= 0.6 is 0 Å². The van der Waals surface area contributed by atoms with Gasteiger partial charge < -0.3 is 4.74 Å². The fourth-order valence-electron chi connectivity index (χ4n) is 1.13. The molecule has 0 saturated carbocycles. The first-order valence-corrected chi connectivity index (χ1v) is 6.62. The Morgan fingerprint density at radius 2 is 1.93 bits per heavy atom. The van der Waals surface area contributed by atoms with Crippen molar-refractivity contribution >= 4 is 15.8 Å². The van der Waals surface area contributed by atoms with Gasteiger partial charge in [0.2, 0.25) is 0 Å². The van der Waals surface area contributed by atoms with E-state index in [0.717, 1.165) is 0 Å². The SMILES string of the molecule is CCCS(=O)(=O)CC(C)C(=O)OCC. The Labute approximate surface area is 85.6 Å². The average Bonchev–Trinajstić information content (AvgIpc) is 2.03. The molecule has 0 rings (SSSR count). The molecule has 0 N–H and O–H groups in total. The summed E-state index contributed by atoms with van der Waals surface area (Å²) in [7, 11) is -3.10. The van der Waals surface area contributed by atoms with Gasteiger partial charge in [-0.3, -0.25) is 4.79 Å². The highest BCUT2D eigenvalue weighted by Crippen LogP contribution is 2.05. The number of sulfone groups is 1. The van der Waals surface area contributed by atoms with Crippen molar-refractivity contribution in [1.29, 1.82) is 0 Å². The predicted molar refractivity (Wildman–Crippen MR) is 54.7 cm³/mol. The summed E-state index contributed by atoms with van der Waals surface area (Å²) in [6.07, 6.45) is 0.581. The number of ether oxygens (including phenoxy) is 1. The average molecular weight is 222 g/mol. The molecule has 0 aliphatic heterocycles. The van der Waals surface area contributed by atoms with Crippen LogP contribution in [0.4, 0.5) is 0 Å². The minimum Gasteiger partial charge on any atom is -0.466 e. The normalized spacial score (nSPS) is 13.6. The summed E-state index contributed by atoms with van der Waals surface area (Å²) in [5, 5.41) is 0. The zero-order valence-corrected chi connectivity index (χ0v) is 9.76. The Hall–Kier alpha value is -0.580. The molecule has 0 spiro atoms. The highest BCUT2D eigenvalue weighted by molar-refractivity contribution is 7.91. The van der Waals surface area contributed by atoms with E-state index >= 15 is 0 Å². The summed E-state index contributed by atoms with van der Waals surface area (Å²) in [5.41, 5.74) is 0. The van der Waals surface area contributed by atoms with Crippen molar-refractivity contribution in [3.8, 4) is 0 Å². The van der Waals surface area contributed by atoms with Crippen LogP contribution in [0.25, 0.3) is 0 Å². The lowest BCUT2D eigenvalue weighted by Gasteiger charge is -2.10. The van der Waals surface area contributed by atoms with Gasteiger partial charge in [0.1, 0.15) is 0 Å². The van der Waals surface area contributed by atoms with Crippen molar-refractivity contribution in [1.82, 2.24) is 0 Å². The Morgan fingerprint density at radius 1 is 1.36 bits per heavy atom. The molecule has 0 amide bonds. The molecule has 0 aromatic carbocycles. The summed E-state index contributed by atoms with van der Waals surface area (Å²) in [5.74, 6) is -0.977. The van der Waals surface area contributed by atoms with Crippen LogP contribution in [0.3, 0.4) is 0 Å². The second-order valence-electron chi connectivity index (χ2n) is 3.27. The quantitative estimate of drug-likeness (QED) is 0.629. The van der Waals surface area contributed by atoms with Crippen molar-refractivity contribution in [2.24, 2.45) is 5.92 Å². The van der Waals surface area contributed by atoms with Crippen molar-refractivity contribution < 1.29 is 17.9 Å². The van der Waals surface area contributed by atoms with Crippen LogP contribution in [0.1, 0.15) is 27.2 Å². The van der Waals surface area contributed by atoms with Crippen molar-refractivity contribution in [2.45, 2.75) is 27.2 Å². The minimum atomic E-state index is -3.10. The van der Waals surface area contributed by atoms with Crippen LogP contribution in [0.2, 0.25) is 0 Å². The Morgan fingerprint density at radius 3 is 2.36 bits per heavy atom. The van der Waals surface area contributed by atoms with Gasteiger partial charge in [0, 0.05) is 5.75 Å². The maximum atomic E-state index is 11.3. The van der Waals surface area contributed by atoms with Gasteiger partial charge in [0.05, 0.1) is 18.3 Å². The Bertz CT molecular complexity index is 269. The lowest BCUT2D eigenvalue weighted by Crippen LogP contribution is -2.24. The van der Waals surface area contributed by atoms with E-state index < -0.39 is 21.7 Å². The van der Waals surface area contributed by atoms with Crippen LogP contribution in [-0.4, -0.2) is 32.5 Å². The zero-order chi connectivity index (χ0) is 11.2. The fraction of sp³-hybridized carbons (Fsp3) is 0.889. The van der Waals surface area contributed by atoms with E-state index in [9.17, 15) is 13.2 Å². The summed E-state index contributed by atoms with van der Waals surface area (Å²) in [6.45, 7) is 5.36. The van der Waals surface area contributed by atoms with Gasteiger partial charge in [-0.2, -0.15) is 0 Å². The zero-order valence-electron chi connectivity index (χ0n) is 8.95. The molecule has 0 fully saturated rings. The van der Waals surface area contributed by atoms with Gasteiger partial charge >= 0.3 is 5.97 Å². The van der Waals surface area contributed by atoms with E-state index in [2.05, 4.69) is 0 Å². The van der Waals surface area contributed by atoms with Crippen LogP contribution in [-0.2, 0) is 19.4 Å². The van der Waals surface area contributed by atoms with Gasteiger partial charge in [-0.05, 0) is 13.3 Å². The monoisotopic (exact) mass is 222 g/mol. The molecule has 0 radical (unpaired) electrons. The standard InChI is InChI=1S/C9H18O4S/c1-4-6-14(11,12)7-8(3)9(10)13-5-2/h8H,4-7H2,1-3H3. The topological polar surface area (TPSA) is 60.4 Å². The highest BCUT2D eigenvalue weighted by atomic mass is 32.2. The van der Waals surface area contributed by atoms with Gasteiger partial charge in [0.15, 0.2) is 9.84 Å². The largest absolute Gasteiger partial charge is 0.466 e. The number of esters is 1. The lowest BCUT2D eigenvalue weighted by atomic mass is 10.2. The molecule has 14 heavy (non-hydrogen) atoms. The molecule has 0 bridgehead atoms. The third-order valence-corrected chi connectivity index (χ3v) is 3.75. The van der Waals surface area contributed by atoms with Crippen molar-refractivity contribution in [3.63, 3.8) is 0 Å². The van der Waals surface area contributed by atoms with E-state index in [1.54, 1.807) is 20.8 Å². The summed E-state index contributed by atoms with van der Waals surface area (Å²) in [6, 6.07) is 0. The second kappa shape index (κ2) is 6.01. The van der Waals surface area contributed by atoms with Crippen molar-refractivity contribution in [2.75, 3.05) is 18.1 Å². The first-order chi connectivity index (χ1) is 6.43. The second-order valence-corrected chi connectivity index (χ2v) is 5.50. The molecule has 0 heterocycles. The fourth-order valence-corrected chi connectivity index (χ4v) is 2.81. The third-order valence-electron chi connectivity index (χ3n) is 1.71. The van der Waals surface area contributed by atoms with Gasteiger partial charge in [-0.25, -0.2) is 8.42 Å². The van der Waals surface area contributed by atoms with Gasteiger partial charge in [-0.15, -0.1) is 0 Å². The van der Waals surface area contributed by atoms with E-state index in [1.807, 2.05) is 0 Å². The van der Waals surface area contributed by atoms with E-state index in [0.29, 0.717) is 6.42 Å². The number of carbonyl (C=O) groups excluding carboxylic acids is 1. The molecule has 1 unspecified atom stereocenters. The van der Waals surface area contributed by atoms with Gasteiger partial charge in [-0.1, -0.05) is 13.8 Å². The lowest BCUT2D eigenvalue weighted by molar-refractivity contribution is -0.146. The molecule has 0 aliphatic carbocycles. The number of rotatable bonds is 6. The van der Waals surface area contributed by atoms with Crippen LogP contribution in [0, 0.1) is 5.92 Å². The molecular weight excluding hydrogens is 204 g/mol. The molecular formula is C9H18O4S. The predicted octanol–water partition coefficient (Wildman–Crippen LogP) is 1.01. The molecule has 0 aromatic rings. The molecule has 1 atom stereocenters. The molecule has 0 aromatic heterocycles. The minimum absolute atomic E-state index is 0.111. The third kappa shape index (κ3) is 5.21. The summed E-state index contributed by atoms with van der Waals surface area (Å²) in [4.78, 5) is 11.1. The van der Waals surface area contributed by atoms with Crippen LogP contribution in [0.5, 0.6) is 0 Å². The smallest absolute Gasteiger partial charge is 0.309 e. The molecule has 4 nitrogen and oxygen atoms in total. The Balaban J connectivity index is 4.17. The van der Waals surface area contributed by atoms with E-state index in [4.69, 9.17) is 4.74 Å². The van der Waals surface area contributed by atoms with E-state index in [-0.39, 0.29) is 18.1 Å². The summed E-state index contributed by atoms with van der Waals surface area (Å²) >= 11 is 0. The van der Waals surface area contributed by atoms with Gasteiger partial charge in [0.25, 0.3) is 0 Å². The Kier molecular flexibility index (Phi) is 5.76. The van der Waals surface area contributed by atoms with Crippen LogP contribution < -0.4 is 0 Å². The highest BCUT2D eigenvalue weighted by Gasteiger charge is 2.21. The number of carbonyl (C=O) groups is 1.